The monoisotopic (exact) mass is 486 g/mol. The summed E-state index contributed by atoms with van der Waals surface area (Å²) in [4.78, 5) is 9.91. The Morgan fingerprint density at radius 2 is 1.89 bits per heavy atom. The third kappa shape index (κ3) is 4.28. The second-order valence-corrected chi connectivity index (χ2v) is 8.52. The van der Waals surface area contributed by atoms with E-state index in [1.807, 2.05) is 30.2 Å². The molecule has 4 aromatic rings. The number of halogens is 2. The minimum absolute atomic E-state index is 0.893. The number of fused-ring (bicyclic) bond motifs is 2. The zero-order valence-electron chi connectivity index (χ0n) is 15.0. The maximum atomic E-state index is 4.38. The Morgan fingerprint density at radius 1 is 1.07 bits per heavy atom. The van der Waals surface area contributed by atoms with Crippen molar-refractivity contribution in [1.82, 2.24) is 14.5 Å². The van der Waals surface area contributed by atoms with Crippen LogP contribution in [-0.2, 0) is 20.0 Å². The summed E-state index contributed by atoms with van der Waals surface area (Å²) in [5, 5.41) is 1.25. The fourth-order valence-corrected chi connectivity index (χ4v) is 4.06. The smallest absolute Gasteiger partial charge is 0.0947 e. The van der Waals surface area contributed by atoms with Gasteiger partial charge in [-0.15, -0.1) is 0 Å². The molecule has 6 heteroatoms. The molecule has 4 nitrogen and oxygen atoms in total. The van der Waals surface area contributed by atoms with Crippen molar-refractivity contribution in [3.8, 4) is 0 Å². The van der Waals surface area contributed by atoms with Crippen LogP contribution in [0.15, 0.2) is 70.1 Å². The summed E-state index contributed by atoms with van der Waals surface area (Å²) in [5.41, 5.74) is 5.07. The molecule has 138 valence electrons. The maximum absolute atomic E-state index is 4.38. The molecule has 0 bridgehead atoms. The molecule has 0 radical (unpaired) electrons. The lowest BCUT2D eigenvalue weighted by Crippen LogP contribution is -2.19. The Hall–Kier alpha value is -2.05. The van der Waals surface area contributed by atoms with Crippen molar-refractivity contribution >= 4 is 48.5 Å². The highest BCUT2D eigenvalue weighted by atomic mass is 79.9. The number of hydrogen-bond donors (Lipinski definition) is 1. The van der Waals surface area contributed by atoms with Crippen LogP contribution in [0.1, 0.15) is 11.3 Å². The van der Waals surface area contributed by atoms with E-state index in [-0.39, 0.29) is 0 Å². The van der Waals surface area contributed by atoms with Crippen molar-refractivity contribution < 1.29 is 0 Å². The standard InChI is InChI=1S/C13H14BrN3.C8H6BrN/c1-16-7-12(15-9-16)8-17-5-4-10-2-3-11(14)6-13(10)17;9-7-2-1-6-3-4-10-8(6)5-7/h2-3,6-7,9H,4-5,8H2,1H3;1-5,10H. The van der Waals surface area contributed by atoms with Gasteiger partial charge in [-0.3, -0.25) is 0 Å². The van der Waals surface area contributed by atoms with Crippen LogP contribution in [0.4, 0.5) is 5.69 Å². The van der Waals surface area contributed by atoms with E-state index in [2.05, 4.69) is 89.3 Å². The van der Waals surface area contributed by atoms with Gasteiger partial charge in [-0.2, -0.15) is 0 Å². The summed E-state index contributed by atoms with van der Waals surface area (Å²) < 4.78 is 4.25. The van der Waals surface area contributed by atoms with Gasteiger partial charge in [0.1, 0.15) is 0 Å². The normalized spacial score (nSPS) is 12.8. The number of aromatic amines is 1. The van der Waals surface area contributed by atoms with Crippen LogP contribution in [-0.4, -0.2) is 21.1 Å². The third-order valence-corrected chi connectivity index (χ3v) is 5.65. The van der Waals surface area contributed by atoms with Gasteiger partial charge < -0.3 is 14.5 Å². The number of aromatic nitrogens is 3. The number of imidazole rings is 1. The Kier molecular flexibility index (Phi) is 5.36. The van der Waals surface area contributed by atoms with Crippen molar-refractivity contribution in [2.75, 3.05) is 11.4 Å². The summed E-state index contributed by atoms with van der Waals surface area (Å²) in [6.07, 6.45) is 7.01. The van der Waals surface area contributed by atoms with Gasteiger partial charge in [-0.1, -0.05) is 44.0 Å². The lowest BCUT2D eigenvalue weighted by Gasteiger charge is -2.18. The second kappa shape index (κ2) is 7.90. The molecular weight excluding hydrogens is 468 g/mol. The molecule has 2 aromatic heterocycles. The predicted octanol–water partition coefficient (Wildman–Crippen LogP) is 5.68. The fraction of sp³-hybridized carbons (Fsp3) is 0.190. The van der Waals surface area contributed by atoms with E-state index in [9.17, 15) is 0 Å². The van der Waals surface area contributed by atoms with Gasteiger partial charge in [-0.05, 0) is 47.7 Å². The molecule has 5 rings (SSSR count). The average molecular weight is 488 g/mol. The largest absolute Gasteiger partial charge is 0.365 e. The van der Waals surface area contributed by atoms with Gasteiger partial charge in [0.05, 0.1) is 18.6 Å². The molecule has 0 fully saturated rings. The van der Waals surface area contributed by atoms with E-state index in [0.717, 1.165) is 34.1 Å². The fourth-order valence-electron chi connectivity index (χ4n) is 3.35. The highest BCUT2D eigenvalue weighted by Crippen LogP contribution is 2.31. The van der Waals surface area contributed by atoms with Crippen LogP contribution >= 0.6 is 31.9 Å². The van der Waals surface area contributed by atoms with E-state index in [0.29, 0.717) is 0 Å². The zero-order valence-corrected chi connectivity index (χ0v) is 18.2. The van der Waals surface area contributed by atoms with Gasteiger partial charge >= 0.3 is 0 Å². The van der Waals surface area contributed by atoms with Crippen LogP contribution in [0.2, 0.25) is 0 Å². The number of rotatable bonds is 2. The number of nitrogens with one attached hydrogen (secondary N) is 1. The second-order valence-electron chi connectivity index (χ2n) is 6.68. The Labute approximate surface area is 175 Å². The third-order valence-electron chi connectivity index (χ3n) is 4.67. The maximum Gasteiger partial charge on any atom is 0.0947 e. The van der Waals surface area contributed by atoms with E-state index in [1.165, 1.54) is 22.2 Å². The SMILES string of the molecule is Brc1ccc2cc[nH]c2c1.Cn1cnc(CN2CCc3ccc(Br)cc32)c1. The van der Waals surface area contributed by atoms with Crippen molar-refractivity contribution in [1.29, 1.82) is 0 Å². The van der Waals surface area contributed by atoms with Crippen LogP contribution in [0.5, 0.6) is 0 Å². The topological polar surface area (TPSA) is 36.9 Å². The molecule has 0 unspecified atom stereocenters. The summed E-state index contributed by atoms with van der Waals surface area (Å²) >= 11 is 6.93. The number of H-pyrrole nitrogens is 1. The minimum Gasteiger partial charge on any atom is -0.365 e. The van der Waals surface area contributed by atoms with Crippen LogP contribution in [0, 0.1) is 0 Å². The molecule has 0 spiro atoms. The number of hydrogen-bond acceptors (Lipinski definition) is 2. The first-order chi connectivity index (χ1) is 13.1. The average Bonchev–Trinajstić information content (AvgIpc) is 3.36. The first kappa shape index (κ1) is 18.3. The summed E-state index contributed by atoms with van der Waals surface area (Å²) in [5.74, 6) is 0. The van der Waals surface area contributed by atoms with E-state index in [1.54, 1.807) is 0 Å². The summed E-state index contributed by atoms with van der Waals surface area (Å²) in [7, 11) is 2.00. The molecule has 2 aromatic carbocycles. The number of benzene rings is 2. The highest BCUT2D eigenvalue weighted by molar-refractivity contribution is 9.10. The summed E-state index contributed by atoms with van der Waals surface area (Å²) in [6.45, 7) is 1.98. The number of anilines is 1. The Morgan fingerprint density at radius 3 is 2.70 bits per heavy atom. The van der Waals surface area contributed by atoms with Crippen LogP contribution in [0.3, 0.4) is 0 Å². The van der Waals surface area contributed by atoms with Gasteiger partial charge in [0, 0.05) is 46.1 Å². The highest BCUT2D eigenvalue weighted by Gasteiger charge is 2.19. The molecule has 1 aliphatic heterocycles. The predicted molar refractivity (Wildman–Crippen MR) is 118 cm³/mol. The van der Waals surface area contributed by atoms with Gasteiger partial charge in [-0.25, -0.2) is 4.98 Å². The molecule has 1 N–H and O–H groups in total. The van der Waals surface area contributed by atoms with E-state index >= 15 is 0 Å². The first-order valence-electron chi connectivity index (χ1n) is 8.81. The summed E-state index contributed by atoms with van der Waals surface area (Å²) in [6, 6.07) is 14.8. The molecule has 0 amide bonds. The minimum atomic E-state index is 0.893. The van der Waals surface area contributed by atoms with Gasteiger partial charge in [0.2, 0.25) is 0 Å². The van der Waals surface area contributed by atoms with Crippen LogP contribution in [0.25, 0.3) is 10.9 Å². The van der Waals surface area contributed by atoms with Crippen molar-refractivity contribution in [2.45, 2.75) is 13.0 Å². The lowest BCUT2D eigenvalue weighted by atomic mass is 10.2. The molecule has 0 saturated carbocycles. The molecule has 0 saturated heterocycles. The van der Waals surface area contributed by atoms with E-state index in [4.69, 9.17) is 0 Å². The molecule has 27 heavy (non-hydrogen) atoms. The Bertz CT molecular complexity index is 1070. The number of aryl methyl sites for hydroxylation is 1. The molecule has 0 aliphatic carbocycles. The van der Waals surface area contributed by atoms with Gasteiger partial charge in [0.25, 0.3) is 0 Å². The van der Waals surface area contributed by atoms with Crippen molar-refractivity contribution in [3.63, 3.8) is 0 Å². The molecule has 3 heterocycles. The quantitative estimate of drug-likeness (QED) is 0.395. The Balaban J connectivity index is 0.000000153. The van der Waals surface area contributed by atoms with Crippen molar-refractivity contribution in [2.24, 2.45) is 7.05 Å². The lowest BCUT2D eigenvalue weighted by molar-refractivity contribution is 0.818. The number of nitrogens with zero attached hydrogens (tertiary/aromatic N) is 3. The molecule has 1 aliphatic rings. The molecular formula is C21H20Br2N4. The first-order valence-corrected chi connectivity index (χ1v) is 10.4. The zero-order chi connectivity index (χ0) is 18.8. The van der Waals surface area contributed by atoms with E-state index < -0.39 is 0 Å². The van der Waals surface area contributed by atoms with Crippen LogP contribution < -0.4 is 4.90 Å². The van der Waals surface area contributed by atoms with Gasteiger partial charge in [0.15, 0.2) is 0 Å². The van der Waals surface area contributed by atoms with Crippen molar-refractivity contribution in [3.05, 3.63) is 81.4 Å². The molecule has 0 atom stereocenters.